The SMILES string of the molecule is COC(=S)S(C)=NS(=O)(=O)c1ccc(C)cc1. The number of thiocarbonyl (C=S) groups is 1. The zero-order chi connectivity index (χ0) is 13.1. The average molecular weight is 291 g/mol. The van der Waals surface area contributed by atoms with Crippen molar-refractivity contribution in [3.8, 4) is 0 Å². The second kappa shape index (κ2) is 5.70. The number of methoxy groups -OCH3 is 1. The van der Waals surface area contributed by atoms with Crippen LogP contribution < -0.4 is 0 Å². The van der Waals surface area contributed by atoms with Gasteiger partial charge in [-0.2, -0.15) is 8.42 Å². The van der Waals surface area contributed by atoms with E-state index in [0.29, 0.717) is 0 Å². The number of aryl methyl sites for hydroxylation is 1. The van der Waals surface area contributed by atoms with E-state index >= 15 is 0 Å². The largest absolute Gasteiger partial charge is 0.481 e. The first-order valence-electron chi connectivity index (χ1n) is 4.65. The Morgan fingerprint density at radius 2 is 1.88 bits per heavy atom. The Labute approximate surface area is 109 Å². The van der Waals surface area contributed by atoms with Crippen LogP contribution in [-0.2, 0) is 25.5 Å². The van der Waals surface area contributed by atoms with Crippen LogP contribution in [0, 0.1) is 6.92 Å². The Kier molecular flexibility index (Phi) is 4.79. The first-order valence-corrected chi connectivity index (χ1v) is 8.09. The molecule has 0 bridgehead atoms. The third-order valence-corrected chi connectivity index (χ3v) is 6.02. The Morgan fingerprint density at radius 3 is 2.35 bits per heavy atom. The first kappa shape index (κ1) is 14.3. The van der Waals surface area contributed by atoms with Crippen molar-refractivity contribution in [3.05, 3.63) is 29.8 Å². The highest BCUT2D eigenvalue weighted by Gasteiger charge is 2.13. The predicted octanol–water partition coefficient (Wildman–Crippen LogP) is 2.05. The summed E-state index contributed by atoms with van der Waals surface area (Å²) in [7, 11) is -3.20. The second-order valence-corrected chi connectivity index (χ2v) is 7.27. The van der Waals surface area contributed by atoms with Gasteiger partial charge in [0.25, 0.3) is 10.0 Å². The van der Waals surface area contributed by atoms with Crippen LogP contribution >= 0.6 is 12.2 Å². The fourth-order valence-electron chi connectivity index (χ4n) is 1.05. The third kappa shape index (κ3) is 3.86. The number of ether oxygens (including phenoxy) is 1. The Hall–Kier alpha value is -0.790. The molecule has 0 saturated heterocycles. The van der Waals surface area contributed by atoms with Crippen LogP contribution in [0.5, 0.6) is 0 Å². The topological polar surface area (TPSA) is 55.7 Å². The number of benzene rings is 1. The molecule has 0 aliphatic heterocycles. The summed E-state index contributed by atoms with van der Waals surface area (Å²) in [6, 6.07) is 6.51. The molecular weight excluding hydrogens is 278 g/mol. The maximum absolute atomic E-state index is 11.9. The van der Waals surface area contributed by atoms with Gasteiger partial charge in [0.1, 0.15) is 0 Å². The summed E-state index contributed by atoms with van der Waals surface area (Å²) in [6.07, 6.45) is 1.61. The smallest absolute Gasteiger partial charge is 0.288 e. The predicted molar refractivity (Wildman–Crippen MR) is 73.7 cm³/mol. The lowest BCUT2D eigenvalue weighted by Gasteiger charge is -2.03. The molecule has 0 N–H and O–H groups in total. The van der Waals surface area contributed by atoms with E-state index in [0.717, 1.165) is 5.56 Å². The Bertz CT molecular complexity index is 547. The molecule has 94 valence electrons. The molecule has 4 nitrogen and oxygen atoms in total. The van der Waals surface area contributed by atoms with E-state index < -0.39 is 20.7 Å². The van der Waals surface area contributed by atoms with E-state index in [2.05, 4.69) is 3.77 Å². The van der Waals surface area contributed by atoms with Crippen LogP contribution in [-0.4, -0.2) is 26.2 Å². The quantitative estimate of drug-likeness (QED) is 0.783. The molecule has 0 amide bonds. The number of hydrogen-bond donors (Lipinski definition) is 0. The molecule has 0 aliphatic carbocycles. The molecule has 0 aliphatic rings. The van der Waals surface area contributed by atoms with E-state index in [9.17, 15) is 8.42 Å². The van der Waals surface area contributed by atoms with E-state index in [4.69, 9.17) is 17.0 Å². The fourth-order valence-corrected chi connectivity index (χ4v) is 3.81. The molecule has 1 atom stereocenters. The van der Waals surface area contributed by atoms with Crippen LogP contribution in [0.25, 0.3) is 0 Å². The highest BCUT2D eigenvalue weighted by atomic mass is 32.3. The molecular formula is C10H13NO3S3. The van der Waals surface area contributed by atoms with Crippen LogP contribution in [0.15, 0.2) is 32.9 Å². The minimum absolute atomic E-state index is 0.168. The van der Waals surface area contributed by atoms with Crippen molar-refractivity contribution in [2.24, 2.45) is 3.77 Å². The summed E-state index contributed by atoms with van der Waals surface area (Å²) in [6.45, 7) is 1.89. The standard InChI is InChI=1S/C10H13NO3S3/c1-8-4-6-9(7-5-8)17(12,13)11-16(3)10(15)14-2/h4-7H,1-3H3. The van der Waals surface area contributed by atoms with E-state index in [1.165, 1.54) is 19.2 Å². The Morgan fingerprint density at radius 1 is 1.35 bits per heavy atom. The van der Waals surface area contributed by atoms with Crippen LogP contribution in [0.3, 0.4) is 0 Å². The molecule has 0 saturated carbocycles. The van der Waals surface area contributed by atoms with Gasteiger partial charge in [0.2, 0.25) is 4.38 Å². The molecule has 7 heteroatoms. The van der Waals surface area contributed by atoms with Crippen LogP contribution in [0.2, 0.25) is 0 Å². The van der Waals surface area contributed by atoms with Gasteiger partial charge in [-0.1, -0.05) is 17.7 Å². The monoisotopic (exact) mass is 291 g/mol. The fraction of sp³-hybridized carbons (Fsp3) is 0.300. The van der Waals surface area contributed by atoms with Gasteiger partial charge in [-0.05, 0) is 42.0 Å². The minimum Gasteiger partial charge on any atom is -0.481 e. The zero-order valence-corrected chi connectivity index (χ0v) is 12.2. The molecule has 0 heterocycles. The van der Waals surface area contributed by atoms with Crippen LogP contribution in [0.4, 0.5) is 0 Å². The maximum Gasteiger partial charge on any atom is 0.288 e. The number of nitrogens with zero attached hydrogens (tertiary/aromatic N) is 1. The van der Waals surface area contributed by atoms with Crippen molar-refractivity contribution in [1.82, 2.24) is 0 Å². The van der Waals surface area contributed by atoms with Crippen molar-refractivity contribution < 1.29 is 13.2 Å². The third-order valence-electron chi connectivity index (χ3n) is 1.94. The number of sulfonamides is 1. The lowest BCUT2D eigenvalue weighted by Crippen LogP contribution is -2.07. The van der Waals surface area contributed by atoms with Crippen LogP contribution in [0.1, 0.15) is 5.56 Å². The number of rotatable bonds is 2. The summed E-state index contributed by atoms with van der Waals surface area (Å²) in [5.74, 6) is 0. The van der Waals surface area contributed by atoms with E-state index in [1.807, 2.05) is 6.92 Å². The molecule has 1 unspecified atom stereocenters. The summed E-state index contributed by atoms with van der Waals surface area (Å²) in [5.41, 5.74) is 0.992. The van der Waals surface area contributed by atoms with Crippen molar-refractivity contribution in [1.29, 1.82) is 0 Å². The van der Waals surface area contributed by atoms with Crippen molar-refractivity contribution in [2.75, 3.05) is 13.4 Å². The van der Waals surface area contributed by atoms with E-state index in [-0.39, 0.29) is 9.28 Å². The van der Waals surface area contributed by atoms with Gasteiger partial charge in [0, 0.05) is 6.26 Å². The Balaban J connectivity index is 3.13. The zero-order valence-electron chi connectivity index (χ0n) is 9.71. The van der Waals surface area contributed by atoms with Crippen molar-refractivity contribution in [2.45, 2.75) is 11.8 Å². The van der Waals surface area contributed by atoms with Gasteiger partial charge in [-0.25, -0.2) is 0 Å². The van der Waals surface area contributed by atoms with Gasteiger partial charge in [0.05, 0.1) is 12.0 Å². The lowest BCUT2D eigenvalue weighted by atomic mass is 10.2. The molecule has 0 fully saturated rings. The van der Waals surface area contributed by atoms with Crippen molar-refractivity contribution >= 4 is 37.3 Å². The molecule has 1 rings (SSSR count). The molecule has 0 spiro atoms. The summed E-state index contributed by atoms with van der Waals surface area (Å²) >= 11 is 4.85. The van der Waals surface area contributed by atoms with Gasteiger partial charge >= 0.3 is 0 Å². The maximum atomic E-state index is 11.9. The lowest BCUT2D eigenvalue weighted by molar-refractivity contribution is 0.426. The average Bonchev–Trinajstić information content (AvgIpc) is 2.27. The normalized spacial score (nSPS) is 13.4. The summed E-state index contributed by atoms with van der Waals surface area (Å²) in [5, 5.41) is 0. The van der Waals surface area contributed by atoms with Gasteiger partial charge in [-0.15, -0.1) is 3.77 Å². The first-order chi connectivity index (χ1) is 7.86. The highest BCUT2D eigenvalue weighted by molar-refractivity contribution is 8.16. The molecule has 1 aromatic rings. The highest BCUT2D eigenvalue weighted by Crippen LogP contribution is 2.14. The van der Waals surface area contributed by atoms with Crippen molar-refractivity contribution in [3.63, 3.8) is 0 Å². The molecule has 17 heavy (non-hydrogen) atoms. The minimum atomic E-state index is -3.66. The molecule has 1 aromatic carbocycles. The second-order valence-electron chi connectivity index (χ2n) is 3.29. The van der Waals surface area contributed by atoms with Gasteiger partial charge in [-0.3, -0.25) is 0 Å². The number of hydrogen-bond acceptors (Lipinski definition) is 4. The summed E-state index contributed by atoms with van der Waals surface area (Å²) < 4.78 is 32.5. The summed E-state index contributed by atoms with van der Waals surface area (Å²) in [4.78, 5) is 0.168. The van der Waals surface area contributed by atoms with Gasteiger partial charge < -0.3 is 4.74 Å². The molecule has 0 radical (unpaired) electrons. The van der Waals surface area contributed by atoms with E-state index in [1.54, 1.807) is 18.4 Å². The van der Waals surface area contributed by atoms with Gasteiger partial charge in [0.15, 0.2) is 0 Å². The molecule has 0 aromatic heterocycles.